The highest BCUT2D eigenvalue weighted by Crippen LogP contribution is 2.26. The van der Waals surface area contributed by atoms with E-state index in [9.17, 15) is 0 Å². The zero-order chi connectivity index (χ0) is 9.26. The molecular weight excluding hydrogens is 160 g/mol. The molecule has 0 spiro atoms. The maximum absolute atomic E-state index is 5.72. The number of fused-ring (bicyclic) bond motifs is 1. The molecule has 0 heterocycles. The summed E-state index contributed by atoms with van der Waals surface area (Å²) in [6.07, 6.45) is 3.49. The van der Waals surface area contributed by atoms with Gasteiger partial charge in [0.25, 0.3) is 0 Å². The van der Waals surface area contributed by atoms with E-state index in [2.05, 4.69) is 12.1 Å². The molecule has 70 valence electrons. The van der Waals surface area contributed by atoms with Crippen LogP contribution in [0.1, 0.15) is 17.5 Å². The van der Waals surface area contributed by atoms with Crippen molar-refractivity contribution in [3.8, 4) is 0 Å². The summed E-state index contributed by atoms with van der Waals surface area (Å²) in [6, 6.07) is 6.23. The third-order valence-electron chi connectivity index (χ3n) is 2.89. The van der Waals surface area contributed by atoms with Crippen LogP contribution >= 0.6 is 0 Å². The molecule has 4 N–H and O–H groups in total. The highest BCUT2D eigenvalue weighted by molar-refractivity contribution is 5.45. The van der Waals surface area contributed by atoms with Gasteiger partial charge in [0.1, 0.15) is 0 Å². The number of anilines is 1. The maximum atomic E-state index is 5.72. The monoisotopic (exact) mass is 176 g/mol. The van der Waals surface area contributed by atoms with Gasteiger partial charge in [-0.3, -0.25) is 0 Å². The molecule has 0 saturated carbocycles. The van der Waals surface area contributed by atoms with Gasteiger partial charge in [-0.25, -0.2) is 0 Å². The minimum absolute atomic E-state index is 0.677. The molecule has 0 aliphatic heterocycles. The number of nitrogen functional groups attached to an aromatic ring is 1. The summed E-state index contributed by atoms with van der Waals surface area (Å²) in [7, 11) is 0. The van der Waals surface area contributed by atoms with E-state index < -0.39 is 0 Å². The molecule has 1 atom stereocenters. The van der Waals surface area contributed by atoms with E-state index in [0.717, 1.165) is 25.1 Å². The first-order valence-electron chi connectivity index (χ1n) is 4.87. The Bertz CT molecular complexity index is 307. The Hall–Kier alpha value is -1.02. The second-order valence-electron chi connectivity index (χ2n) is 3.87. The molecule has 0 amide bonds. The molecule has 2 rings (SSSR count). The highest BCUT2D eigenvalue weighted by atomic mass is 14.6. The summed E-state index contributed by atoms with van der Waals surface area (Å²) in [6.45, 7) is 0.809. The van der Waals surface area contributed by atoms with E-state index in [4.69, 9.17) is 11.5 Å². The summed E-state index contributed by atoms with van der Waals surface area (Å²) in [4.78, 5) is 0. The number of benzene rings is 1. The van der Waals surface area contributed by atoms with Crippen LogP contribution in [0.3, 0.4) is 0 Å². The number of hydrogen-bond donors (Lipinski definition) is 2. The van der Waals surface area contributed by atoms with Gasteiger partial charge in [0.15, 0.2) is 0 Å². The van der Waals surface area contributed by atoms with E-state index in [1.165, 1.54) is 17.5 Å². The van der Waals surface area contributed by atoms with Crippen LogP contribution in [0.2, 0.25) is 0 Å². The molecule has 0 radical (unpaired) electrons. The minimum atomic E-state index is 0.677. The Kier molecular flexibility index (Phi) is 2.23. The normalized spacial score (nSPS) is 21.2. The average molecular weight is 176 g/mol. The van der Waals surface area contributed by atoms with Gasteiger partial charge in [-0.15, -0.1) is 0 Å². The van der Waals surface area contributed by atoms with Gasteiger partial charge in [0, 0.05) is 5.69 Å². The first-order valence-corrected chi connectivity index (χ1v) is 4.87. The quantitative estimate of drug-likeness (QED) is 0.634. The van der Waals surface area contributed by atoms with Crippen molar-refractivity contribution in [1.82, 2.24) is 0 Å². The smallest absolute Gasteiger partial charge is 0.0316 e. The van der Waals surface area contributed by atoms with Gasteiger partial charge in [-0.05, 0) is 55.0 Å². The molecule has 2 nitrogen and oxygen atoms in total. The predicted molar refractivity (Wildman–Crippen MR) is 55.4 cm³/mol. The fourth-order valence-electron chi connectivity index (χ4n) is 2.05. The second-order valence-corrected chi connectivity index (χ2v) is 3.87. The predicted octanol–water partition coefficient (Wildman–Crippen LogP) is 1.33. The van der Waals surface area contributed by atoms with Crippen molar-refractivity contribution in [3.63, 3.8) is 0 Å². The van der Waals surface area contributed by atoms with E-state index in [1.807, 2.05) is 6.07 Å². The van der Waals surface area contributed by atoms with Crippen LogP contribution in [0, 0.1) is 5.92 Å². The van der Waals surface area contributed by atoms with Crippen LogP contribution in [0.4, 0.5) is 5.69 Å². The van der Waals surface area contributed by atoms with Gasteiger partial charge < -0.3 is 11.5 Å². The SMILES string of the molecule is NCC1CCc2cc(N)ccc2C1. The fourth-order valence-corrected chi connectivity index (χ4v) is 2.05. The van der Waals surface area contributed by atoms with Crippen LogP contribution in [-0.2, 0) is 12.8 Å². The van der Waals surface area contributed by atoms with E-state index in [0.29, 0.717) is 5.92 Å². The molecule has 2 heteroatoms. The molecule has 0 fully saturated rings. The molecule has 13 heavy (non-hydrogen) atoms. The topological polar surface area (TPSA) is 52.0 Å². The zero-order valence-electron chi connectivity index (χ0n) is 7.79. The van der Waals surface area contributed by atoms with E-state index >= 15 is 0 Å². The summed E-state index contributed by atoms with van der Waals surface area (Å²) in [5.74, 6) is 0.677. The summed E-state index contributed by atoms with van der Waals surface area (Å²) >= 11 is 0. The lowest BCUT2D eigenvalue weighted by Crippen LogP contribution is -2.22. The van der Waals surface area contributed by atoms with E-state index in [-0.39, 0.29) is 0 Å². The Morgan fingerprint density at radius 3 is 2.92 bits per heavy atom. The summed E-state index contributed by atoms with van der Waals surface area (Å²) < 4.78 is 0. The molecule has 1 aliphatic carbocycles. The first kappa shape index (κ1) is 8.57. The molecular formula is C11H16N2. The lowest BCUT2D eigenvalue weighted by Gasteiger charge is -2.23. The van der Waals surface area contributed by atoms with Crippen LogP contribution in [-0.4, -0.2) is 6.54 Å². The molecule has 0 aromatic heterocycles. The third kappa shape index (κ3) is 1.68. The number of aryl methyl sites for hydroxylation is 1. The Balaban J connectivity index is 2.26. The lowest BCUT2D eigenvalue weighted by molar-refractivity contribution is 0.469. The Morgan fingerprint density at radius 1 is 1.31 bits per heavy atom. The zero-order valence-corrected chi connectivity index (χ0v) is 7.79. The van der Waals surface area contributed by atoms with Gasteiger partial charge >= 0.3 is 0 Å². The molecule has 0 saturated heterocycles. The van der Waals surface area contributed by atoms with Gasteiger partial charge in [-0.1, -0.05) is 6.07 Å². The highest BCUT2D eigenvalue weighted by Gasteiger charge is 2.16. The fraction of sp³-hybridized carbons (Fsp3) is 0.455. The van der Waals surface area contributed by atoms with Crippen LogP contribution in [0.25, 0.3) is 0 Å². The van der Waals surface area contributed by atoms with Crippen molar-refractivity contribution in [1.29, 1.82) is 0 Å². The standard InChI is InChI=1S/C11H16N2/c12-7-8-1-2-10-6-11(13)4-3-9(10)5-8/h3-4,6,8H,1-2,5,7,12-13H2. The Morgan fingerprint density at radius 2 is 2.15 bits per heavy atom. The van der Waals surface area contributed by atoms with Gasteiger partial charge in [0.2, 0.25) is 0 Å². The maximum Gasteiger partial charge on any atom is 0.0316 e. The molecule has 1 aromatic rings. The van der Waals surface area contributed by atoms with Crippen LogP contribution in [0.15, 0.2) is 18.2 Å². The second kappa shape index (κ2) is 3.38. The minimum Gasteiger partial charge on any atom is -0.399 e. The molecule has 1 aliphatic rings. The first-order chi connectivity index (χ1) is 6.29. The average Bonchev–Trinajstić information content (AvgIpc) is 2.17. The number of hydrogen-bond acceptors (Lipinski definition) is 2. The van der Waals surface area contributed by atoms with E-state index in [1.54, 1.807) is 0 Å². The van der Waals surface area contributed by atoms with Crippen molar-refractivity contribution in [3.05, 3.63) is 29.3 Å². The largest absolute Gasteiger partial charge is 0.399 e. The van der Waals surface area contributed by atoms with Crippen molar-refractivity contribution in [2.45, 2.75) is 19.3 Å². The number of nitrogens with two attached hydrogens (primary N) is 2. The van der Waals surface area contributed by atoms with Crippen molar-refractivity contribution >= 4 is 5.69 Å². The third-order valence-corrected chi connectivity index (χ3v) is 2.89. The summed E-state index contributed by atoms with van der Waals surface area (Å²) in [5, 5.41) is 0. The van der Waals surface area contributed by atoms with Gasteiger partial charge in [-0.2, -0.15) is 0 Å². The van der Waals surface area contributed by atoms with Crippen LogP contribution < -0.4 is 11.5 Å². The van der Waals surface area contributed by atoms with Crippen molar-refractivity contribution in [2.24, 2.45) is 11.7 Å². The van der Waals surface area contributed by atoms with Crippen molar-refractivity contribution < 1.29 is 0 Å². The van der Waals surface area contributed by atoms with Crippen molar-refractivity contribution in [2.75, 3.05) is 12.3 Å². The summed E-state index contributed by atoms with van der Waals surface area (Å²) in [5.41, 5.74) is 15.1. The van der Waals surface area contributed by atoms with Gasteiger partial charge in [0.05, 0.1) is 0 Å². The Labute approximate surface area is 78.9 Å². The molecule has 1 aromatic carbocycles. The van der Waals surface area contributed by atoms with Crippen LogP contribution in [0.5, 0.6) is 0 Å². The lowest BCUT2D eigenvalue weighted by atomic mass is 9.84. The number of rotatable bonds is 1. The molecule has 1 unspecified atom stereocenters. The molecule has 0 bridgehead atoms.